The highest BCUT2D eigenvalue weighted by Gasteiger charge is 2.01. The molecule has 0 spiro atoms. The summed E-state index contributed by atoms with van der Waals surface area (Å²) in [5.41, 5.74) is 5.09. The summed E-state index contributed by atoms with van der Waals surface area (Å²) in [5.74, 6) is 0.968. The van der Waals surface area contributed by atoms with Gasteiger partial charge in [0.2, 0.25) is 0 Å². The van der Waals surface area contributed by atoms with Gasteiger partial charge in [0.15, 0.2) is 0 Å². The molecule has 1 N–H and O–H groups in total. The lowest BCUT2D eigenvalue weighted by molar-refractivity contribution is 0.0217. The molecule has 0 radical (unpaired) electrons. The standard InChI is InChI=1S/C13H17N3O/c1-11-9-16(2)13(15-11)8-14-17-10-12-6-4-3-5-7-12/h3-7,9,14H,8,10H2,1-2H3. The Kier molecular flexibility index (Phi) is 3.90. The molecule has 17 heavy (non-hydrogen) atoms. The summed E-state index contributed by atoms with van der Waals surface area (Å²) < 4.78 is 1.99. The molecular weight excluding hydrogens is 214 g/mol. The number of hydrogen-bond acceptors (Lipinski definition) is 3. The molecule has 1 aromatic heterocycles. The van der Waals surface area contributed by atoms with Crippen LogP contribution in [0.4, 0.5) is 0 Å². The Hall–Kier alpha value is -1.65. The summed E-state index contributed by atoms with van der Waals surface area (Å²) in [6.45, 7) is 3.15. The van der Waals surface area contributed by atoms with E-state index < -0.39 is 0 Å². The summed E-state index contributed by atoms with van der Waals surface area (Å²) in [7, 11) is 1.98. The van der Waals surface area contributed by atoms with E-state index in [9.17, 15) is 0 Å². The zero-order valence-corrected chi connectivity index (χ0v) is 10.2. The van der Waals surface area contributed by atoms with Crippen LogP contribution >= 0.6 is 0 Å². The molecule has 2 rings (SSSR count). The third kappa shape index (κ3) is 3.41. The normalized spacial score (nSPS) is 10.7. The number of benzene rings is 1. The van der Waals surface area contributed by atoms with Crippen LogP contribution in [0.15, 0.2) is 36.5 Å². The van der Waals surface area contributed by atoms with Crippen LogP contribution in [0.1, 0.15) is 17.1 Å². The second-order valence-electron chi connectivity index (χ2n) is 4.00. The fourth-order valence-corrected chi connectivity index (χ4v) is 1.65. The van der Waals surface area contributed by atoms with Gasteiger partial charge in [-0.05, 0) is 12.5 Å². The van der Waals surface area contributed by atoms with E-state index >= 15 is 0 Å². The van der Waals surface area contributed by atoms with E-state index in [1.807, 2.05) is 55.1 Å². The molecule has 90 valence electrons. The van der Waals surface area contributed by atoms with E-state index in [0.717, 1.165) is 17.1 Å². The first-order valence-electron chi connectivity index (χ1n) is 5.63. The highest BCUT2D eigenvalue weighted by atomic mass is 16.6. The minimum absolute atomic E-state index is 0.560. The zero-order valence-electron chi connectivity index (χ0n) is 10.2. The monoisotopic (exact) mass is 231 g/mol. The minimum atomic E-state index is 0.560. The topological polar surface area (TPSA) is 39.1 Å². The van der Waals surface area contributed by atoms with Crippen LogP contribution in [-0.2, 0) is 25.0 Å². The molecule has 2 aromatic rings. The molecule has 0 unspecified atom stereocenters. The molecule has 1 aromatic carbocycles. The molecule has 0 aliphatic heterocycles. The number of imidazole rings is 1. The lowest BCUT2D eigenvalue weighted by atomic mass is 10.2. The Bertz CT molecular complexity index is 465. The van der Waals surface area contributed by atoms with E-state index in [-0.39, 0.29) is 0 Å². The van der Waals surface area contributed by atoms with Gasteiger partial charge in [0.25, 0.3) is 0 Å². The molecular formula is C13H17N3O. The van der Waals surface area contributed by atoms with Crippen molar-refractivity contribution in [1.29, 1.82) is 0 Å². The van der Waals surface area contributed by atoms with Crippen molar-refractivity contribution in [2.75, 3.05) is 0 Å². The second kappa shape index (κ2) is 5.61. The van der Waals surface area contributed by atoms with Crippen LogP contribution in [0.3, 0.4) is 0 Å². The Morgan fingerprint density at radius 3 is 2.71 bits per heavy atom. The van der Waals surface area contributed by atoms with E-state index in [1.54, 1.807) is 0 Å². The molecule has 0 saturated carbocycles. The summed E-state index contributed by atoms with van der Waals surface area (Å²) >= 11 is 0. The fraction of sp³-hybridized carbons (Fsp3) is 0.308. The third-order valence-corrected chi connectivity index (χ3v) is 2.51. The molecule has 0 aliphatic carbocycles. The highest BCUT2D eigenvalue weighted by Crippen LogP contribution is 2.01. The van der Waals surface area contributed by atoms with Gasteiger partial charge in [-0.3, -0.25) is 4.84 Å². The van der Waals surface area contributed by atoms with Crippen molar-refractivity contribution in [3.63, 3.8) is 0 Å². The van der Waals surface area contributed by atoms with Gasteiger partial charge < -0.3 is 4.57 Å². The summed E-state index contributed by atoms with van der Waals surface area (Å²) in [6.07, 6.45) is 1.99. The molecule has 1 heterocycles. The largest absolute Gasteiger partial charge is 0.337 e. The van der Waals surface area contributed by atoms with Crippen LogP contribution in [-0.4, -0.2) is 9.55 Å². The number of aromatic nitrogens is 2. The van der Waals surface area contributed by atoms with Crippen LogP contribution in [0.25, 0.3) is 0 Å². The van der Waals surface area contributed by atoms with Crippen LogP contribution in [0, 0.1) is 6.92 Å². The Balaban J connectivity index is 1.75. The summed E-state index contributed by atoms with van der Waals surface area (Å²) in [4.78, 5) is 9.76. The average Bonchev–Trinajstić information content (AvgIpc) is 2.65. The molecule has 0 aliphatic rings. The predicted molar refractivity (Wildman–Crippen MR) is 66.0 cm³/mol. The van der Waals surface area contributed by atoms with Gasteiger partial charge in [0, 0.05) is 13.2 Å². The Morgan fingerprint density at radius 2 is 2.06 bits per heavy atom. The third-order valence-electron chi connectivity index (χ3n) is 2.51. The molecule has 0 saturated heterocycles. The molecule has 0 atom stereocenters. The van der Waals surface area contributed by atoms with Crippen molar-refractivity contribution >= 4 is 0 Å². The van der Waals surface area contributed by atoms with Gasteiger partial charge in [-0.15, -0.1) is 0 Å². The maximum absolute atomic E-state index is 5.38. The van der Waals surface area contributed by atoms with Crippen molar-refractivity contribution < 1.29 is 4.84 Å². The zero-order chi connectivity index (χ0) is 12.1. The maximum atomic E-state index is 5.38. The highest BCUT2D eigenvalue weighted by molar-refractivity contribution is 5.13. The average molecular weight is 231 g/mol. The van der Waals surface area contributed by atoms with Crippen molar-refractivity contribution in [3.8, 4) is 0 Å². The molecule has 4 heteroatoms. The van der Waals surface area contributed by atoms with Gasteiger partial charge in [0.05, 0.1) is 18.8 Å². The van der Waals surface area contributed by atoms with E-state index in [4.69, 9.17) is 4.84 Å². The lowest BCUT2D eigenvalue weighted by Gasteiger charge is -2.05. The maximum Gasteiger partial charge on any atom is 0.125 e. The fourth-order valence-electron chi connectivity index (χ4n) is 1.65. The quantitative estimate of drug-likeness (QED) is 0.631. The van der Waals surface area contributed by atoms with Crippen molar-refractivity contribution in [2.24, 2.45) is 7.05 Å². The number of hydroxylamine groups is 1. The van der Waals surface area contributed by atoms with Gasteiger partial charge in [-0.25, -0.2) is 4.98 Å². The number of nitrogens with zero attached hydrogens (tertiary/aromatic N) is 2. The Labute approximate surface area is 101 Å². The van der Waals surface area contributed by atoms with Crippen LogP contribution < -0.4 is 5.48 Å². The van der Waals surface area contributed by atoms with Crippen LogP contribution in [0.2, 0.25) is 0 Å². The molecule has 0 fully saturated rings. The second-order valence-corrected chi connectivity index (χ2v) is 4.00. The van der Waals surface area contributed by atoms with Crippen LogP contribution in [0.5, 0.6) is 0 Å². The number of hydrogen-bond donors (Lipinski definition) is 1. The smallest absolute Gasteiger partial charge is 0.125 e. The first kappa shape index (κ1) is 11.8. The Morgan fingerprint density at radius 1 is 1.29 bits per heavy atom. The van der Waals surface area contributed by atoms with Gasteiger partial charge in [0.1, 0.15) is 5.82 Å². The molecule has 4 nitrogen and oxygen atoms in total. The first-order valence-corrected chi connectivity index (χ1v) is 5.63. The van der Waals surface area contributed by atoms with Crippen molar-refractivity contribution in [3.05, 3.63) is 53.6 Å². The van der Waals surface area contributed by atoms with Gasteiger partial charge in [-0.2, -0.15) is 5.48 Å². The summed E-state index contributed by atoms with van der Waals surface area (Å²) in [5, 5.41) is 0. The van der Waals surface area contributed by atoms with Crippen molar-refractivity contribution in [1.82, 2.24) is 15.0 Å². The number of rotatable bonds is 5. The van der Waals surface area contributed by atoms with Gasteiger partial charge >= 0.3 is 0 Å². The van der Waals surface area contributed by atoms with Crippen molar-refractivity contribution in [2.45, 2.75) is 20.1 Å². The van der Waals surface area contributed by atoms with E-state index in [0.29, 0.717) is 13.2 Å². The number of aryl methyl sites for hydroxylation is 2. The minimum Gasteiger partial charge on any atom is -0.337 e. The first-order chi connectivity index (χ1) is 8.25. The predicted octanol–water partition coefficient (Wildman–Crippen LogP) is 1.95. The molecule has 0 amide bonds. The summed E-state index contributed by atoms with van der Waals surface area (Å²) in [6, 6.07) is 10.1. The van der Waals surface area contributed by atoms with E-state index in [1.165, 1.54) is 0 Å². The number of nitrogens with one attached hydrogen (secondary N) is 1. The van der Waals surface area contributed by atoms with Gasteiger partial charge in [-0.1, -0.05) is 30.3 Å². The molecule has 0 bridgehead atoms. The lowest BCUT2D eigenvalue weighted by Crippen LogP contribution is -2.16. The SMILES string of the molecule is Cc1cn(C)c(CNOCc2ccccc2)n1. The van der Waals surface area contributed by atoms with E-state index in [2.05, 4.69) is 10.5 Å².